The van der Waals surface area contributed by atoms with Gasteiger partial charge in [-0.05, 0) is 84.0 Å². The van der Waals surface area contributed by atoms with E-state index in [0.717, 1.165) is 51.7 Å². The molecule has 178 valence electrons. The first kappa shape index (κ1) is 24.4. The maximum absolute atomic E-state index is 13.5. The molecule has 0 aliphatic carbocycles. The summed E-state index contributed by atoms with van der Waals surface area (Å²) in [5.74, 6) is 1.09. The molecular weight excluding hydrogens is 406 g/mol. The summed E-state index contributed by atoms with van der Waals surface area (Å²) in [5, 5.41) is 3.45. The number of nitrogens with zero attached hydrogens (tertiary/aromatic N) is 2. The van der Waals surface area contributed by atoms with Crippen molar-refractivity contribution < 1.29 is 19.1 Å². The van der Waals surface area contributed by atoms with Gasteiger partial charge >= 0.3 is 6.09 Å². The van der Waals surface area contributed by atoms with Gasteiger partial charge in [-0.15, -0.1) is 0 Å². The monoisotopic (exact) mass is 445 g/mol. The van der Waals surface area contributed by atoms with E-state index in [4.69, 9.17) is 9.47 Å². The Morgan fingerprint density at radius 2 is 1.81 bits per heavy atom. The van der Waals surface area contributed by atoms with Gasteiger partial charge in [0.1, 0.15) is 11.4 Å². The van der Waals surface area contributed by atoms with Crippen molar-refractivity contribution >= 4 is 12.0 Å². The Balaban J connectivity index is 1.64. The summed E-state index contributed by atoms with van der Waals surface area (Å²) in [6.45, 7) is 10.9. The lowest BCUT2D eigenvalue weighted by molar-refractivity contribution is 0.0166. The quantitative estimate of drug-likeness (QED) is 0.747. The van der Waals surface area contributed by atoms with Crippen LogP contribution >= 0.6 is 0 Å². The van der Waals surface area contributed by atoms with Crippen LogP contribution in [0.1, 0.15) is 63.2 Å². The van der Waals surface area contributed by atoms with Crippen molar-refractivity contribution in [3.63, 3.8) is 0 Å². The summed E-state index contributed by atoms with van der Waals surface area (Å²) in [6, 6.07) is 7.57. The maximum atomic E-state index is 13.5. The number of carbonyl (C=O) groups excluding carboxylic acids is 2. The first-order valence-electron chi connectivity index (χ1n) is 12.0. The van der Waals surface area contributed by atoms with Crippen molar-refractivity contribution in [2.24, 2.45) is 5.92 Å². The number of likely N-dealkylation sites (tertiary alicyclic amines) is 1. The second-order valence-electron chi connectivity index (χ2n) is 9.82. The topological polar surface area (TPSA) is 71.1 Å². The molecule has 7 heteroatoms. The predicted octanol–water partition coefficient (Wildman–Crippen LogP) is 3.93. The number of hydrogen-bond donors (Lipinski definition) is 1. The molecule has 1 aromatic carbocycles. The van der Waals surface area contributed by atoms with Crippen LogP contribution in [-0.4, -0.2) is 73.3 Å². The van der Waals surface area contributed by atoms with Gasteiger partial charge in [-0.1, -0.05) is 12.1 Å². The second kappa shape index (κ2) is 11.5. The van der Waals surface area contributed by atoms with Crippen molar-refractivity contribution in [2.45, 2.75) is 58.5 Å². The lowest BCUT2D eigenvalue weighted by Gasteiger charge is -2.35. The van der Waals surface area contributed by atoms with Crippen LogP contribution in [0.5, 0.6) is 5.75 Å². The fraction of sp³-hybridized carbons (Fsp3) is 0.680. The Morgan fingerprint density at radius 3 is 2.56 bits per heavy atom. The van der Waals surface area contributed by atoms with Crippen molar-refractivity contribution in [1.29, 1.82) is 0 Å². The maximum Gasteiger partial charge on any atom is 0.410 e. The number of piperidine rings is 1. The minimum Gasteiger partial charge on any atom is -0.493 e. The van der Waals surface area contributed by atoms with E-state index < -0.39 is 5.60 Å². The number of para-hydroxylation sites is 1. The van der Waals surface area contributed by atoms with E-state index in [9.17, 15) is 9.59 Å². The van der Waals surface area contributed by atoms with Crippen molar-refractivity contribution in [2.75, 3.05) is 45.9 Å². The van der Waals surface area contributed by atoms with Crippen LogP contribution in [0.15, 0.2) is 24.3 Å². The molecule has 0 aromatic heterocycles. The van der Waals surface area contributed by atoms with Crippen LogP contribution in [0.4, 0.5) is 4.79 Å². The van der Waals surface area contributed by atoms with Crippen LogP contribution < -0.4 is 10.1 Å². The average Bonchev–Trinajstić information content (AvgIpc) is 2.77. The fourth-order valence-corrected chi connectivity index (χ4v) is 4.21. The molecule has 2 amide bonds. The van der Waals surface area contributed by atoms with Crippen LogP contribution in [0.25, 0.3) is 0 Å². The Hall–Kier alpha value is -2.28. The molecule has 0 radical (unpaired) electrons. The van der Waals surface area contributed by atoms with E-state index in [-0.39, 0.29) is 12.0 Å². The van der Waals surface area contributed by atoms with Gasteiger partial charge in [0.15, 0.2) is 0 Å². The van der Waals surface area contributed by atoms with Crippen LogP contribution in [0.2, 0.25) is 0 Å². The van der Waals surface area contributed by atoms with Crippen molar-refractivity contribution in [3.8, 4) is 5.75 Å². The highest BCUT2D eigenvalue weighted by Gasteiger charge is 2.29. The SMILES string of the molecule is CC(C)(C)OC(=O)N1CCC(CN2CCCCNCCCOc3ccccc3C2=O)CC1. The highest BCUT2D eigenvalue weighted by molar-refractivity contribution is 5.97. The van der Waals surface area contributed by atoms with Gasteiger partial charge in [0, 0.05) is 26.2 Å². The van der Waals surface area contributed by atoms with E-state index in [1.807, 2.05) is 49.9 Å². The smallest absolute Gasteiger partial charge is 0.410 e. The zero-order valence-electron chi connectivity index (χ0n) is 19.9. The summed E-state index contributed by atoms with van der Waals surface area (Å²) >= 11 is 0. The summed E-state index contributed by atoms with van der Waals surface area (Å²) in [7, 11) is 0. The molecule has 7 nitrogen and oxygen atoms in total. The molecule has 1 aromatic rings. The summed E-state index contributed by atoms with van der Waals surface area (Å²) in [5.41, 5.74) is 0.161. The van der Waals surface area contributed by atoms with Crippen LogP contribution in [0, 0.1) is 5.92 Å². The molecule has 1 saturated heterocycles. The number of ether oxygens (including phenoxy) is 2. The third-order valence-corrected chi connectivity index (χ3v) is 5.94. The fourth-order valence-electron chi connectivity index (χ4n) is 4.21. The number of carbonyl (C=O) groups is 2. The lowest BCUT2D eigenvalue weighted by atomic mass is 9.96. The van der Waals surface area contributed by atoms with E-state index in [1.54, 1.807) is 4.90 Å². The normalized spacial score (nSPS) is 19.8. The third-order valence-electron chi connectivity index (χ3n) is 5.94. The zero-order chi connectivity index (χ0) is 23.0. The largest absolute Gasteiger partial charge is 0.493 e. The van der Waals surface area contributed by atoms with Gasteiger partial charge in [-0.2, -0.15) is 0 Å². The number of amides is 2. The van der Waals surface area contributed by atoms with Crippen LogP contribution in [-0.2, 0) is 4.74 Å². The molecule has 0 bridgehead atoms. The van der Waals surface area contributed by atoms with E-state index in [1.165, 1.54) is 0 Å². The number of rotatable bonds is 2. The number of hydrogen-bond acceptors (Lipinski definition) is 5. The molecule has 3 rings (SSSR count). The molecule has 0 saturated carbocycles. The highest BCUT2D eigenvalue weighted by atomic mass is 16.6. The minimum absolute atomic E-state index is 0.0439. The van der Waals surface area contributed by atoms with Crippen molar-refractivity contribution in [1.82, 2.24) is 15.1 Å². The molecule has 0 spiro atoms. The van der Waals surface area contributed by atoms with Gasteiger partial charge in [0.25, 0.3) is 5.91 Å². The van der Waals surface area contributed by atoms with Gasteiger partial charge in [0.05, 0.1) is 12.2 Å². The Labute approximate surface area is 192 Å². The van der Waals surface area contributed by atoms with Gasteiger partial charge in [0.2, 0.25) is 0 Å². The number of nitrogens with one attached hydrogen (secondary N) is 1. The highest BCUT2D eigenvalue weighted by Crippen LogP contribution is 2.24. The summed E-state index contributed by atoms with van der Waals surface area (Å²) in [6.07, 6.45) is 4.45. The molecule has 1 N–H and O–H groups in total. The third kappa shape index (κ3) is 7.40. The molecule has 2 aliphatic heterocycles. The van der Waals surface area contributed by atoms with E-state index >= 15 is 0 Å². The molecule has 0 atom stereocenters. The standard InChI is InChI=1S/C25H39N3O4/c1-25(2,3)32-24(30)27-16-11-20(12-17-27)19-28-15-7-6-13-26-14-8-18-31-22-10-5-4-9-21(22)23(28)29/h4-5,9-10,20,26H,6-8,11-19H2,1-3H3. The Kier molecular flexibility index (Phi) is 8.79. The number of benzene rings is 1. The van der Waals surface area contributed by atoms with Crippen molar-refractivity contribution in [3.05, 3.63) is 29.8 Å². The lowest BCUT2D eigenvalue weighted by Crippen LogP contribution is -2.44. The van der Waals surface area contributed by atoms with E-state index in [0.29, 0.717) is 43.5 Å². The van der Waals surface area contributed by atoms with Gasteiger partial charge < -0.3 is 24.6 Å². The molecule has 1 fully saturated rings. The summed E-state index contributed by atoms with van der Waals surface area (Å²) < 4.78 is 11.5. The first-order valence-corrected chi connectivity index (χ1v) is 12.0. The Morgan fingerprint density at radius 1 is 1.09 bits per heavy atom. The molecule has 2 heterocycles. The molecule has 0 unspecified atom stereocenters. The predicted molar refractivity (Wildman–Crippen MR) is 125 cm³/mol. The molecular formula is C25H39N3O4. The second-order valence-corrected chi connectivity index (χ2v) is 9.82. The minimum atomic E-state index is -0.483. The van der Waals surface area contributed by atoms with Gasteiger partial charge in [-0.25, -0.2) is 4.79 Å². The van der Waals surface area contributed by atoms with Crippen LogP contribution in [0.3, 0.4) is 0 Å². The average molecular weight is 446 g/mol. The summed E-state index contributed by atoms with van der Waals surface area (Å²) in [4.78, 5) is 29.6. The van der Waals surface area contributed by atoms with Gasteiger partial charge in [-0.3, -0.25) is 4.79 Å². The zero-order valence-corrected chi connectivity index (χ0v) is 19.9. The first-order chi connectivity index (χ1) is 15.3. The molecule has 32 heavy (non-hydrogen) atoms. The van der Waals surface area contributed by atoms with E-state index in [2.05, 4.69) is 5.32 Å². The Bertz CT molecular complexity index is 754. The number of fused-ring (bicyclic) bond motifs is 1. The molecule has 2 aliphatic rings.